The third-order valence-corrected chi connectivity index (χ3v) is 6.58. The number of benzene rings is 2. The lowest BCUT2D eigenvalue weighted by atomic mass is 10.0. The first-order valence-corrected chi connectivity index (χ1v) is 10.7. The van der Waals surface area contributed by atoms with Gasteiger partial charge in [-0.15, -0.1) is 11.3 Å². The summed E-state index contributed by atoms with van der Waals surface area (Å²) >= 11 is 1.31. The van der Waals surface area contributed by atoms with Crippen molar-refractivity contribution in [3.05, 3.63) is 70.4 Å². The Morgan fingerprint density at radius 3 is 2.57 bits per heavy atom. The van der Waals surface area contributed by atoms with Crippen molar-refractivity contribution in [2.24, 2.45) is 0 Å². The molecule has 2 amide bonds. The van der Waals surface area contributed by atoms with E-state index in [1.165, 1.54) is 17.4 Å². The number of methoxy groups -OCH3 is 1. The Balaban J connectivity index is 1.45. The van der Waals surface area contributed by atoms with Crippen LogP contribution in [0.15, 0.2) is 48.5 Å². The Bertz CT molecular complexity index is 1060. The maximum atomic E-state index is 14.4. The summed E-state index contributed by atoms with van der Waals surface area (Å²) in [7, 11) is 1.54. The molecule has 4 rings (SSSR count). The van der Waals surface area contributed by atoms with Gasteiger partial charge in [0, 0.05) is 47.5 Å². The largest absolute Gasteiger partial charge is 0.380 e. The van der Waals surface area contributed by atoms with Crippen molar-refractivity contribution < 1.29 is 18.7 Å². The lowest BCUT2D eigenvalue weighted by Gasteiger charge is -2.32. The molecule has 2 aromatic carbocycles. The minimum atomic E-state index is -0.336. The van der Waals surface area contributed by atoms with Gasteiger partial charge in [0.2, 0.25) is 0 Å². The number of fused-ring (bicyclic) bond motifs is 1. The van der Waals surface area contributed by atoms with Crippen molar-refractivity contribution in [3.63, 3.8) is 0 Å². The van der Waals surface area contributed by atoms with E-state index in [-0.39, 0.29) is 30.3 Å². The zero-order valence-electron chi connectivity index (χ0n) is 16.7. The Labute approximate surface area is 178 Å². The summed E-state index contributed by atoms with van der Waals surface area (Å²) in [5, 5.41) is 3.52. The quantitative estimate of drug-likeness (QED) is 0.665. The summed E-state index contributed by atoms with van der Waals surface area (Å²) in [4.78, 5) is 27.9. The first-order chi connectivity index (χ1) is 14.6. The summed E-state index contributed by atoms with van der Waals surface area (Å²) in [6, 6.07) is 14.0. The second-order valence-electron chi connectivity index (χ2n) is 7.36. The van der Waals surface area contributed by atoms with E-state index in [9.17, 15) is 14.0 Å². The number of carbonyl (C=O) groups excluding carboxylic acids is 2. The van der Waals surface area contributed by atoms with Gasteiger partial charge in [-0.05, 0) is 37.1 Å². The predicted octanol–water partition coefficient (Wildman–Crippen LogP) is 4.22. The minimum absolute atomic E-state index is 0.0278. The molecular formula is C23H23FN2O3S. The number of hydrogen-bond acceptors (Lipinski definition) is 4. The van der Waals surface area contributed by atoms with E-state index >= 15 is 0 Å². The number of amides is 2. The van der Waals surface area contributed by atoms with Crippen LogP contribution in [0.5, 0.6) is 0 Å². The van der Waals surface area contributed by atoms with Crippen LogP contribution in [-0.2, 0) is 11.3 Å². The molecule has 2 heterocycles. The highest BCUT2D eigenvalue weighted by Crippen LogP contribution is 2.35. The van der Waals surface area contributed by atoms with E-state index in [1.807, 2.05) is 24.3 Å². The van der Waals surface area contributed by atoms with Gasteiger partial charge in [0.05, 0.1) is 11.5 Å². The maximum absolute atomic E-state index is 14.4. The second-order valence-corrected chi connectivity index (χ2v) is 8.41. The molecular weight excluding hydrogens is 403 g/mol. The highest BCUT2D eigenvalue weighted by atomic mass is 32.1. The summed E-state index contributed by atoms with van der Waals surface area (Å²) < 4.78 is 20.4. The van der Waals surface area contributed by atoms with E-state index in [0.717, 1.165) is 4.70 Å². The molecule has 0 radical (unpaired) electrons. The van der Waals surface area contributed by atoms with Crippen LogP contribution >= 0.6 is 11.3 Å². The van der Waals surface area contributed by atoms with Crippen LogP contribution in [0.4, 0.5) is 4.39 Å². The van der Waals surface area contributed by atoms with E-state index in [4.69, 9.17) is 4.74 Å². The van der Waals surface area contributed by atoms with Crippen LogP contribution in [0.25, 0.3) is 10.1 Å². The van der Waals surface area contributed by atoms with Crippen molar-refractivity contribution >= 4 is 33.2 Å². The third-order valence-electron chi connectivity index (χ3n) is 5.40. The lowest BCUT2D eigenvalue weighted by molar-refractivity contribution is 0.0699. The number of nitrogens with one attached hydrogen (secondary N) is 1. The topological polar surface area (TPSA) is 58.6 Å². The van der Waals surface area contributed by atoms with Gasteiger partial charge >= 0.3 is 0 Å². The van der Waals surface area contributed by atoms with Crippen molar-refractivity contribution in [3.8, 4) is 0 Å². The molecule has 1 fully saturated rings. The normalized spacial score (nSPS) is 14.8. The van der Waals surface area contributed by atoms with Crippen LogP contribution in [0.1, 0.15) is 38.4 Å². The molecule has 0 unspecified atom stereocenters. The van der Waals surface area contributed by atoms with Gasteiger partial charge in [0.1, 0.15) is 5.82 Å². The fraction of sp³-hybridized carbons (Fsp3) is 0.304. The van der Waals surface area contributed by atoms with Crippen LogP contribution in [0, 0.1) is 5.82 Å². The molecule has 0 atom stereocenters. The van der Waals surface area contributed by atoms with Gasteiger partial charge in [-0.25, -0.2) is 4.39 Å². The zero-order valence-corrected chi connectivity index (χ0v) is 17.5. The fourth-order valence-corrected chi connectivity index (χ4v) is 5.04. The molecule has 1 aromatic heterocycles. The highest BCUT2D eigenvalue weighted by molar-refractivity contribution is 7.21. The van der Waals surface area contributed by atoms with Crippen LogP contribution in [0.3, 0.4) is 0 Å². The van der Waals surface area contributed by atoms with E-state index in [1.54, 1.807) is 30.2 Å². The molecule has 1 aliphatic heterocycles. The van der Waals surface area contributed by atoms with E-state index in [0.29, 0.717) is 47.3 Å². The molecule has 0 aliphatic carbocycles. The van der Waals surface area contributed by atoms with Crippen molar-refractivity contribution in [1.29, 1.82) is 0 Å². The fourth-order valence-electron chi connectivity index (χ4n) is 3.85. The molecule has 1 N–H and O–H groups in total. The first-order valence-electron chi connectivity index (χ1n) is 9.92. The lowest BCUT2D eigenvalue weighted by Crippen LogP contribution is -2.46. The third kappa shape index (κ3) is 4.08. The Kier molecular flexibility index (Phi) is 6.11. The number of hydrogen-bond donors (Lipinski definition) is 1. The molecule has 0 bridgehead atoms. The molecule has 7 heteroatoms. The first kappa shape index (κ1) is 20.5. The Morgan fingerprint density at radius 2 is 1.87 bits per heavy atom. The monoisotopic (exact) mass is 426 g/mol. The molecule has 1 saturated heterocycles. The van der Waals surface area contributed by atoms with E-state index in [2.05, 4.69) is 5.32 Å². The summed E-state index contributed by atoms with van der Waals surface area (Å²) in [5.41, 5.74) is 1.24. The summed E-state index contributed by atoms with van der Waals surface area (Å²) in [6.45, 7) is 1.27. The predicted molar refractivity (Wildman–Crippen MR) is 115 cm³/mol. The number of nitrogens with zero attached hydrogens (tertiary/aromatic N) is 1. The molecule has 1 aliphatic rings. The van der Waals surface area contributed by atoms with Gasteiger partial charge in [-0.2, -0.15) is 0 Å². The second kappa shape index (κ2) is 8.93. The van der Waals surface area contributed by atoms with Crippen LogP contribution in [0.2, 0.25) is 0 Å². The number of thiophene rings is 1. The average molecular weight is 427 g/mol. The molecule has 0 saturated carbocycles. The van der Waals surface area contributed by atoms with Crippen molar-refractivity contribution in [2.45, 2.75) is 25.5 Å². The zero-order chi connectivity index (χ0) is 21.1. The number of halogens is 1. The average Bonchev–Trinajstić information content (AvgIpc) is 3.14. The molecule has 30 heavy (non-hydrogen) atoms. The number of ether oxygens (including phenoxy) is 1. The molecule has 0 spiro atoms. The Morgan fingerprint density at radius 1 is 1.13 bits per heavy atom. The van der Waals surface area contributed by atoms with Gasteiger partial charge in [0.15, 0.2) is 0 Å². The molecule has 5 nitrogen and oxygen atoms in total. The summed E-state index contributed by atoms with van der Waals surface area (Å²) in [5.74, 6) is -0.532. The number of carbonyl (C=O) groups is 2. The maximum Gasteiger partial charge on any atom is 0.264 e. The SMILES string of the molecule is COCc1c(C(=O)N2CCC(NC(=O)c3ccccc3)CC2)sc2cccc(F)c12. The smallest absolute Gasteiger partial charge is 0.264 e. The van der Waals surface area contributed by atoms with Crippen LogP contribution in [-0.4, -0.2) is 43.0 Å². The minimum Gasteiger partial charge on any atom is -0.380 e. The van der Waals surface area contributed by atoms with Crippen LogP contribution < -0.4 is 5.32 Å². The number of rotatable bonds is 5. The molecule has 3 aromatic rings. The van der Waals surface area contributed by atoms with E-state index < -0.39 is 0 Å². The summed E-state index contributed by atoms with van der Waals surface area (Å²) in [6.07, 6.45) is 1.37. The van der Waals surface area contributed by atoms with Gasteiger partial charge < -0.3 is 15.0 Å². The Hall–Kier alpha value is -2.77. The van der Waals surface area contributed by atoms with Gasteiger partial charge in [-0.3, -0.25) is 9.59 Å². The van der Waals surface area contributed by atoms with Gasteiger partial charge in [0.25, 0.3) is 11.8 Å². The van der Waals surface area contributed by atoms with Gasteiger partial charge in [-0.1, -0.05) is 24.3 Å². The standard InChI is InChI=1S/C23H23FN2O3S/c1-29-14-17-20-18(24)8-5-9-19(20)30-21(17)23(28)26-12-10-16(11-13-26)25-22(27)15-6-3-2-4-7-15/h2-9,16H,10-14H2,1H3,(H,25,27). The highest BCUT2D eigenvalue weighted by Gasteiger charge is 2.28. The van der Waals surface area contributed by atoms with Crippen molar-refractivity contribution in [1.82, 2.24) is 10.2 Å². The number of piperidine rings is 1. The number of likely N-dealkylation sites (tertiary alicyclic amines) is 1. The van der Waals surface area contributed by atoms with Crippen molar-refractivity contribution in [2.75, 3.05) is 20.2 Å². The molecule has 156 valence electrons.